The minimum atomic E-state index is -0.686. The maximum absolute atomic E-state index is 13.8. The number of rotatable bonds is 4. The monoisotopic (exact) mass is 267 g/mol. The molecule has 0 aliphatic carbocycles. The van der Waals surface area contributed by atoms with Crippen LogP contribution in [0.1, 0.15) is 5.56 Å². The Kier molecular flexibility index (Phi) is 3.94. The lowest BCUT2D eigenvalue weighted by molar-refractivity contribution is 0.384. The summed E-state index contributed by atoms with van der Waals surface area (Å²) >= 11 is 0. The number of benzene rings is 2. The van der Waals surface area contributed by atoms with Gasteiger partial charge in [-0.2, -0.15) is 0 Å². The Morgan fingerprint density at radius 2 is 1.74 bits per heavy atom. The van der Waals surface area contributed by atoms with E-state index in [2.05, 4.69) is 5.32 Å². The number of nitrogens with one attached hydrogen (secondary N) is 1. The highest BCUT2D eigenvalue weighted by atomic mass is 19.1. The van der Waals surface area contributed by atoms with Gasteiger partial charge in [0.2, 0.25) is 0 Å². The third-order valence-corrected chi connectivity index (χ3v) is 2.61. The SMILES string of the molecule is COc1cccc(CNc2cc(F)cc(F)c2)c1F. The molecule has 0 aliphatic rings. The molecule has 0 radical (unpaired) electrons. The van der Waals surface area contributed by atoms with Crippen molar-refractivity contribution in [2.75, 3.05) is 12.4 Å². The van der Waals surface area contributed by atoms with E-state index in [0.29, 0.717) is 5.56 Å². The minimum absolute atomic E-state index is 0.103. The number of hydrogen-bond acceptors (Lipinski definition) is 2. The van der Waals surface area contributed by atoms with Crippen molar-refractivity contribution in [1.29, 1.82) is 0 Å². The van der Waals surface area contributed by atoms with E-state index in [1.807, 2.05) is 0 Å². The van der Waals surface area contributed by atoms with Gasteiger partial charge in [-0.3, -0.25) is 0 Å². The van der Waals surface area contributed by atoms with Crippen LogP contribution < -0.4 is 10.1 Å². The second-order valence-corrected chi connectivity index (χ2v) is 3.95. The molecule has 0 heterocycles. The van der Waals surface area contributed by atoms with E-state index in [1.165, 1.54) is 13.2 Å². The smallest absolute Gasteiger partial charge is 0.170 e. The second kappa shape index (κ2) is 5.65. The van der Waals surface area contributed by atoms with Gasteiger partial charge in [-0.05, 0) is 18.2 Å². The van der Waals surface area contributed by atoms with E-state index in [-0.39, 0.29) is 18.0 Å². The fourth-order valence-electron chi connectivity index (χ4n) is 1.70. The quantitative estimate of drug-likeness (QED) is 0.911. The summed E-state index contributed by atoms with van der Waals surface area (Å²) in [4.78, 5) is 0. The van der Waals surface area contributed by atoms with Crippen LogP contribution in [0.5, 0.6) is 5.75 Å². The van der Waals surface area contributed by atoms with Gasteiger partial charge >= 0.3 is 0 Å². The Morgan fingerprint density at radius 3 is 2.37 bits per heavy atom. The van der Waals surface area contributed by atoms with Gasteiger partial charge in [0.05, 0.1) is 7.11 Å². The van der Waals surface area contributed by atoms with Crippen molar-refractivity contribution in [3.05, 3.63) is 59.4 Å². The molecule has 0 aromatic heterocycles. The first-order valence-corrected chi connectivity index (χ1v) is 5.61. The van der Waals surface area contributed by atoms with Crippen molar-refractivity contribution >= 4 is 5.69 Å². The maximum atomic E-state index is 13.8. The Balaban J connectivity index is 2.14. The lowest BCUT2D eigenvalue weighted by Crippen LogP contribution is -2.03. The van der Waals surface area contributed by atoms with Gasteiger partial charge in [-0.1, -0.05) is 12.1 Å². The molecule has 2 rings (SSSR count). The second-order valence-electron chi connectivity index (χ2n) is 3.95. The predicted octanol–water partition coefficient (Wildman–Crippen LogP) is 3.72. The van der Waals surface area contributed by atoms with Crippen molar-refractivity contribution in [1.82, 2.24) is 0 Å². The molecular weight excluding hydrogens is 255 g/mol. The summed E-state index contributed by atoms with van der Waals surface area (Å²) < 4.78 is 44.6. The fourth-order valence-corrected chi connectivity index (χ4v) is 1.70. The van der Waals surface area contributed by atoms with Crippen molar-refractivity contribution < 1.29 is 17.9 Å². The highest BCUT2D eigenvalue weighted by molar-refractivity contribution is 5.45. The molecule has 1 N–H and O–H groups in total. The van der Waals surface area contributed by atoms with Crippen LogP contribution in [0.4, 0.5) is 18.9 Å². The fraction of sp³-hybridized carbons (Fsp3) is 0.143. The van der Waals surface area contributed by atoms with E-state index in [0.717, 1.165) is 18.2 Å². The average Bonchev–Trinajstić information content (AvgIpc) is 2.36. The zero-order valence-electron chi connectivity index (χ0n) is 10.2. The van der Waals surface area contributed by atoms with E-state index in [4.69, 9.17) is 4.74 Å². The van der Waals surface area contributed by atoms with Crippen molar-refractivity contribution in [3.8, 4) is 5.75 Å². The summed E-state index contributed by atoms with van der Waals surface area (Å²) in [5, 5.41) is 2.76. The van der Waals surface area contributed by atoms with Crippen molar-refractivity contribution in [2.45, 2.75) is 6.54 Å². The van der Waals surface area contributed by atoms with E-state index in [1.54, 1.807) is 12.1 Å². The number of methoxy groups -OCH3 is 1. The Morgan fingerprint density at radius 1 is 1.05 bits per heavy atom. The molecule has 2 aromatic carbocycles. The number of ether oxygens (including phenoxy) is 1. The zero-order chi connectivity index (χ0) is 13.8. The summed E-state index contributed by atoms with van der Waals surface area (Å²) in [6, 6.07) is 7.77. The van der Waals surface area contributed by atoms with Crippen molar-refractivity contribution in [2.24, 2.45) is 0 Å². The zero-order valence-corrected chi connectivity index (χ0v) is 10.2. The van der Waals surface area contributed by atoms with Crippen LogP contribution in [0, 0.1) is 17.5 Å². The predicted molar refractivity (Wildman–Crippen MR) is 66.6 cm³/mol. The molecule has 0 aliphatic heterocycles. The average molecular weight is 267 g/mol. The molecule has 100 valence electrons. The van der Waals surface area contributed by atoms with E-state index < -0.39 is 17.5 Å². The van der Waals surface area contributed by atoms with Gasteiger partial charge < -0.3 is 10.1 Å². The molecule has 19 heavy (non-hydrogen) atoms. The van der Waals surface area contributed by atoms with Gasteiger partial charge in [0, 0.05) is 23.9 Å². The molecule has 0 fully saturated rings. The lowest BCUT2D eigenvalue weighted by atomic mass is 10.2. The molecule has 0 amide bonds. The highest BCUT2D eigenvalue weighted by Gasteiger charge is 2.08. The molecule has 0 bridgehead atoms. The summed E-state index contributed by atoms with van der Waals surface area (Å²) in [6.07, 6.45) is 0. The van der Waals surface area contributed by atoms with Gasteiger partial charge in [0.25, 0.3) is 0 Å². The summed E-state index contributed by atoms with van der Waals surface area (Å²) in [6.45, 7) is 0.103. The number of anilines is 1. The Hall–Kier alpha value is -2.17. The number of halogens is 3. The Bertz CT molecular complexity index is 567. The van der Waals surface area contributed by atoms with Gasteiger partial charge in [-0.25, -0.2) is 13.2 Å². The molecule has 0 saturated carbocycles. The van der Waals surface area contributed by atoms with Crippen LogP contribution in [0.2, 0.25) is 0 Å². The first-order chi connectivity index (χ1) is 9.10. The minimum Gasteiger partial charge on any atom is -0.494 e. The van der Waals surface area contributed by atoms with Crippen LogP contribution >= 0.6 is 0 Å². The Labute approximate surface area is 108 Å². The molecular formula is C14H12F3NO. The summed E-state index contributed by atoms with van der Waals surface area (Å²) in [5.41, 5.74) is 0.601. The number of hydrogen-bond donors (Lipinski definition) is 1. The molecule has 0 unspecified atom stereocenters. The molecule has 0 saturated heterocycles. The van der Waals surface area contributed by atoms with Crippen LogP contribution in [-0.2, 0) is 6.54 Å². The third kappa shape index (κ3) is 3.19. The molecule has 0 atom stereocenters. The molecule has 2 aromatic rings. The largest absolute Gasteiger partial charge is 0.494 e. The first kappa shape index (κ1) is 13.3. The van der Waals surface area contributed by atoms with E-state index in [9.17, 15) is 13.2 Å². The maximum Gasteiger partial charge on any atom is 0.170 e. The first-order valence-electron chi connectivity index (χ1n) is 5.61. The third-order valence-electron chi connectivity index (χ3n) is 2.61. The molecule has 2 nitrogen and oxygen atoms in total. The summed E-state index contributed by atoms with van der Waals surface area (Å²) in [5.74, 6) is -1.73. The lowest BCUT2D eigenvalue weighted by Gasteiger charge is -2.10. The topological polar surface area (TPSA) is 21.3 Å². The van der Waals surface area contributed by atoms with Crippen LogP contribution in [0.3, 0.4) is 0 Å². The normalized spacial score (nSPS) is 10.3. The van der Waals surface area contributed by atoms with E-state index >= 15 is 0 Å². The molecule has 0 spiro atoms. The van der Waals surface area contributed by atoms with Crippen molar-refractivity contribution in [3.63, 3.8) is 0 Å². The van der Waals surface area contributed by atoms with Gasteiger partial charge in [0.1, 0.15) is 11.6 Å². The summed E-state index contributed by atoms with van der Waals surface area (Å²) in [7, 11) is 1.37. The molecule has 5 heteroatoms. The van der Waals surface area contributed by atoms with Gasteiger partial charge in [-0.15, -0.1) is 0 Å². The van der Waals surface area contributed by atoms with Crippen LogP contribution in [0.15, 0.2) is 36.4 Å². The standard InChI is InChI=1S/C14H12F3NO/c1-19-13-4-2-3-9(14(13)17)8-18-12-6-10(15)5-11(16)7-12/h2-7,18H,8H2,1H3. The highest BCUT2D eigenvalue weighted by Crippen LogP contribution is 2.21. The van der Waals surface area contributed by atoms with Gasteiger partial charge in [0.15, 0.2) is 11.6 Å². The van der Waals surface area contributed by atoms with Crippen LogP contribution in [0.25, 0.3) is 0 Å². The van der Waals surface area contributed by atoms with Crippen LogP contribution in [-0.4, -0.2) is 7.11 Å².